The van der Waals surface area contributed by atoms with Crippen LogP contribution in [0.3, 0.4) is 0 Å². The van der Waals surface area contributed by atoms with Gasteiger partial charge in [0.05, 0.1) is 6.61 Å². The van der Waals surface area contributed by atoms with Gasteiger partial charge in [0, 0.05) is 11.6 Å². The summed E-state index contributed by atoms with van der Waals surface area (Å²) < 4.78 is 5.60. The maximum atomic E-state index is 6.29. The number of hydrogen-bond donors (Lipinski definition) is 1. The van der Waals surface area contributed by atoms with E-state index in [9.17, 15) is 0 Å². The van der Waals surface area contributed by atoms with Gasteiger partial charge in [-0.2, -0.15) is 0 Å². The summed E-state index contributed by atoms with van der Waals surface area (Å²) in [6.45, 7) is 4.95. The van der Waals surface area contributed by atoms with Crippen molar-refractivity contribution < 1.29 is 4.74 Å². The molecule has 1 aliphatic rings. The summed E-state index contributed by atoms with van der Waals surface area (Å²) in [6, 6.07) is 8.23. The Morgan fingerprint density at radius 2 is 2.07 bits per heavy atom. The topological polar surface area (TPSA) is 35.2 Å². The first kappa shape index (κ1) is 10.5. The number of hydrogen-bond acceptors (Lipinski definition) is 2. The van der Waals surface area contributed by atoms with E-state index in [4.69, 9.17) is 10.5 Å². The molecule has 2 N–H and O–H groups in total. The van der Waals surface area contributed by atoms with Gasteiger partial charge in [0.2, 0.25) is 0 Å². The first-order chi connectivity index (χ1) is 7.17. The molecule has 0 amide bonds. The molecular weight excluding hydrogens is 186 g/mol. The van der Waals surface area contributed by atoms with Crippen molar-refractivity contribution in [2.24, 2.45) is 11.1 Å². The van der Waals surface area contributed by atoms with E-state index in [-0.39, 0.29) is 6.04 Å². The van der Waals surface area contributed by atoms with Crippen molar-refractivity contribution in [3.05, 3.63) is 29.8 Å². The van der Waals surface area contributed by atoms with Gasteiger partial charge in [0.15, 0.2) is 0 Å². The van der Waals surface area contributed by atoms with Crippen LogP contribution in [0.5, 0.6) is 5.75 Å². The fourth-order valence-corrected chi connectivity index (χ4v) is 1.91. The summed E-state index contributed by atoms with van der Waals surface area (Å²) in [4.78, 5) is 0. The third-order valence-electron chi connectivity index (χ3n) is 3.34. The van der Waals surface area contributed by atoms with Crippen LogP contribution in [-0.4, -0.2) is 6.61 Å². The zero-order valence-electron chi connectivity index (χ0n) is 9.49. The molecule has 0 aliphatic heterocycles. The second-order valence-corrected chi connectivity index (χ2v) is 4.60. The molecule has 1 aliphatic carbocycles. The zero-order valence-corrected chi connectivity index (χ0v) is 9.49. The molecule has 0 aromatic heterocycles. The number of para-hydroxylation sites is 1. The first-order valence-electron chi connectivity index (χ1n) is 5.65. The first-order valence-corrected chi connectivity index (χ1v) is 5.65. The quantitative estimate of drug-likeness (QED) is 0.820. The molecule has 2 rings (SSSR count). The number of ether oxygens (including phenoxy) is 1. The van der Waals surface area contributed by atoms with Gasteiger partial charge >= 0.3 is 0 Å². The molecule has 2 heteroatoms. The Hall–Kier alpha value is -1.02. The normalized spacial score (nSPS) is 19.7. The summed E-state index contributed by atoms with van der Waals surface area (Å²) in [5.74, 6) is 0.945. The number of benzene rings is 1. The van der Waals surface area contributed by atoms with Crippen molar-refractivity contribution in [1.29, 1.82) is 0 Å². The Labute approximate surface area is 91.4 Å². The third-order valence-corrected chi connectivity index (χ3v) is 3.34. The van der Waals surface area contributed by atoms with Crippen LogP contribution < -0.4 is 10.5 Å². The highest BCUT2D eigenvalue weighted by Gasteiger charge is 2.44. The molecule has 15 heavy (non-hydrogen) atoms. The lowest BCUT2D eigenvalue weighted by molar-refractivity contribution is 0.326. The number of nitrogens with two attached hydrogens (primary N) is 1. The highest BCUT2D eigenvalue weighted by molar-refractivity contribution is 5.37. The van der Waals surface area contributed by atoms with Gasteiger partial charge in [-0.05, 0) is 31.2 Å². The minimum atomic E-state index is 0.111. The predicted molar refractivity (Wildman–Crippen MR) is 61.9 cm³/mol. The second kappa shape index (κ2) is 3.86. The molecule has 1 aromatic rings. The highest BCUT2D eigenvalue weighted by Crippen LogP contribution is 2.54. The maximum absolute atomic E-state index is 6.29. The Morgan fingerprint density at radius 1 is 1.40 bits per heavy atom. The lowest BCUT2D eigenvalue weighted by Crippen LogP contribution is -2.20. The molecule has 1 fully saturated rings. The predicted octanol–water partition coefficient (Wildman–Crippen LogP) is 2.89. The van der Waals surface area contributed by atoms with Gasteiger partial charge in [0.1, 0.15) is 5.75 Å². The van der Waals surface area contributed by atoms with E-state index >= 15 is 0 Å². The fourth-order valence-electron chi connectivity index (χ4n) is 1.91. The summed E-state index contributed by atoms with van der Waals surface area (Å²) in [5, 5.41) is 0. The smallest absolute Gasteiger partial charge is 0.124 e. The lowest BCUT2D eigenvalue weighted by atomic mass is 9.92. The van der Waals surface area contributed by atoms with Crippen LogP contribution in [0.25, 0.3) is 0 Å². The van der Waals surface area contributed by atoms with Crippen LogP contribution in [0.4, 0.5) is 0 Å². The molecule has 0 bridgehead atoms. The summed E-state index contributed by atoms with van der Waals surface area (Å²) >= 11 is 0. The largest absolute Gasteiger partial charge is 0.494 e. The number of rotatable bonds is 4. The summed E-state index contributed by atoms with van der Waals surface area (Å²) in [7, 11) is 0. The third kappa shape index (κ3) is 2.00. The van der Waals surface area contributed by atoms with Crippen molar-refractivity contribution >= 4 is 0 Å². The van der Waals surface area contributed by atoms with Crippen molar-refractivity contribution in [2.75, 3.05) is 6.61 Å². The van der Waals surface area contributed by atoms with Crippen LogP contribution in [0.2, 0.25) is 0 Å². The molecule has 0 heterocycles. The Bertz CT molecular complexity index is 344. The van der Waals surface area contributed by atoms with Crippen LogP contribution in [0, 0.1) is 5.41 Å². The van der Waals surface area contributed by atoms with Gasteiger partial charge < -0.3 is 10.5 Å². The Balaban J connectivity index is 2.26. The summed E-state index contributed by atoms with van der Waals surface area (Å²) in [5.41, 5.74) is 7.74. The van der Waals surface area contributed by atoms with E-state index < -0.39 is 0 Å². The standard InChI is InChI=1S/C13H19NO/c1-3-15-11-7-5-4-6-10(11)12(14)13(2)8-9-13/h4-7,12H,3,8-9,14H2,1-2H3. The molecule has 2 nitrogen and oxygen atoms in total. The second-order valence-electron chi connectivity index (χ2n) is 4.60. The van der Waals surface area contributed by atoms with Crippen molar-refractivity contribution in [3.63, 3.8) is 0 Å². The molecular formula is C13H19NO. The maximum Gasteiger partial charge on any atom is 0.124 e. The van der Waals surface area contributed by atoms with Crippen molar-refractivity contribution in [2.45, 2.75) is 32.7 Å². The van der Waals surface area contributed by atoms with E-state index in [2.05, 4.69) is 13.0 Å². The average molecular weight is 205 g/mol. The molecule has 82 valence electrons. The van der Waals surface area contributed by atoms with E-state index in [0.29, 0.717) is 12.0 Å². The van der Waals surface area contributed by atoms with E-state index in [1.165, 1.54) is 12.8 Å². The monoisotopic (exact) mass is 205 g/mol. The van der Waals surface area contributed by atoms with Crippen LogP contribution >= 0.6 is 0 Å². The van der Waals surface area contributed by atoms with Crippen molar-refractivity contribution in [1.82, 2.24) is 0 Å². The molecule has 0 spiro atoms. The zero-order chi connectivity index (χ0) is 10.9. The van der Waals surface area contributed by atoms with Gasteiger partial charge in [0.25, 0.3) is 0 Å². The minimum Gasteiger partial charge on any atom is -0.494 e. The van der Waals surface area contributed by atoms with Crippen molar-refractivity contribution in [3.8, 4) is 5.75 Å². The molecule has 1 atom stereocenters. The summed E-state index contributed by atoms with van der Waals surface area (Å²) in [6.07, 6.45) is 2.46. The molecule has 0 radical (unpaired) electrons. The van der Waals surface area contributed by atoms with Gasteiger partial charge in [-0.15, -0.1) is 0 Å². The molecule has 1 unspecified atom stereocenters. The minimum absolute atomic E-state index is 0.111. The fraction of sp³-hybridized carbons (Fsp3) is 0.538. The lowest BCUT2D eigenvalue weighted by Gasteiger charge is -2.21. The molecule has 1 saturated carbocycles. The van der Waals surface area contributed by atoms with Crippen LogP contribution in [0.15, 0.2) is 24.3 Å². The van der Waals surface area contributed by atoms with Gasteiger partial charge in [-0.3, -0.25) is 0 Å². The molecule has 0 saturated heterocycles. The van der Waals surface area contributed by atoms with Crippen LogP contribution in [-0.2, 0) is 0 Å². The van der Waals surface area contributed by atoms with Crippen LogP contribution in [0.1, 0.15) is 38.3 Å². The van der Waals surface area contributed by atoms with Gasteiger partial charge in [-0.25, -0.2) is 0 Å². The van der Waals surface area contributed by atoms with E-state index in [0.717, 1.165) is 11.3 Å². The van der Waals surface area contributed by atoms with Gasteiger partial charge in [-0.1, -0.05) is 25.1 Å². The Morgan fingerprint density at radius 3 is 2.67 bits per heavy atom. The Kier molecular flexibility index (Phi) is 2.70. The highest BCUT2D eigenvalue weighted by atomic mass is 16.5. The average Bonchev–Trinajstić information content (AvgIpc) is 2.98. The van der Waals surface area contributed by atoms with E-state index in [1.807, 2.05) is 25.1 Å². The SMILES string of the molecule is CCOc1ccccc1C(N)C1(C)CC1. The molecule has 1 aromatic carbocycles. The van der Waals surface area contributed by atoms with E-state index in [1.54, 1.807) is 0 Å².